The Hall–Kier alpha value is -0.910. The number of carboxylic acid groups (broad SMARTS) is 1. The van der Waals surface area contributed by atoms with Gasteiger partial charge in [0, 0.05) is 13.0 Å². The Morgan fingerprint density at radius 2 is 1.86 bits per heavy atom. The number of hydrogen-bond donors (Lipinski definition) is 2. The van der Waals surface area contributed by atoms with Gasteiger partial charge in [0.1, 0.15) is 0 Å². The van der Waals surface area contributed by atoms with Crippen molar-refractivity contribution in [3.05, 3.63) is 11.6 Å². The van der Waals surface area contributed by atoms with Gasteiger partial charge in [-0.15, -0.1) is 0 Å². The summed E-state index contributed by atoms with van der Waals surface area (Å²) in [5.74, 6) is 2.10. The molecule has 11 atom stereocenters. The topological polar surface area (TPSA) is 76.0 Å². The van der Waals surface area contributed by atoms with Crippen molar-refractivity contribution < 1.29 is 24.5 Å². The summed E-state index contributed by atoms with van der Waals surface area (Å²) in [5.41, 5.74) is 1.69. The highest BCUT2D eigenvalue weighted by Gasteiger charge is 2.64. The van der Waals surface area contributed by atoms with Crippen LogP contribution in [0.15, 0.2) is 11.6 Å². The largest absolute Gasteiger partial charge is 0.481 e. The summed E-state index contributed by atoms with van der Waals surface area (Å²) < 4.78 is 12.4. The fraction of sp³-hybridized carbons (Fsp3) is 0.903. The number of aliphatic carboxylic acids is 1. The number of carbonyl (C=O) groups is 1. The van der Waals surface area contributed by atoms with Crippen molar-refractivity contribution in [2.24, 2.45) is 46.3 Å². The van der Waals surface area contributed by atoms with Crippen molar-refractivity contribution in [1.82, 2.24) is 0 Å². The lowest BCUT2D eigenvalue weighted by molar-refractivity contribution is -0.212. The average molecular weight is 503 g/mol. The fourth-order valence-corrected chi connectivity index (χ4v) is 10.1. The molecular formula is C31H50O5. The number of carboxylic acids is 1. The molecule has 4 aliphatic carbocycles. The van der Waals surface area contributed by atoms with Crippen molar-refractivity contribution >= 4 is 5.97 Å². The summed E-state index contributed by atoms with van der Waals surface area (Å²) >= 11 is 0. The van der Waals surface area contributed by atoms with E-state index in [-0.39, 0.29) is 35.7 Å². The second kappa shape index (κ2) is 10.3. The maximum atomic E-state index is 12.0. The Morgan fingerprint density at radius 1 is 1.11 bits per heavy atom. The van der Waals surface area contributed by atoms with Crippen LogP contribution >= 0.6 is 0 Å². The van der Waals surface area contributed by atoms with Gasteiger partial charge in [0.25, 0.3) is 0 Å². The van der Waals surface area contributed by atoms with Crippen LogP contribution in [0.2, 0.25) is 0 Å². The smallest absolute Gasteiger partial charge is 0.303 e. The van der Waals surface area contributed by atoms with E-state index in [2.05, 4.69) is 33.8 Å². The number of fused-ring (bicyclic) bond motifs is 5. The number of aliphatic hydroxyl groups is 1. The van der Waals surface area contributed by atoms with Gasteiger partial charge in [-0.2, -0.15) is 0 Å². The molecule has 6 unspecified atom stereocenters. The maximum absolute atomic E-state index is 12.0. The summed E-state index contributed by atoms with van der Waals surface area (Å²) in [7, 11) is 0. The Labute approximate surface area is 218 Å². The lowest BCUT2D eigenvalue weighted by atomic mass is 9.42. The predicted octanol–water partition coefficient (Wildman–Crippen LogP) is 6.59. The molecule has 0 aromatic heterocycles. The summed E-state index contributed by atoms with van der Waals surface area (Å²) in [4.78, 5) is 11.2. The molecule has 5 rings (SSSR count). The molecule has 4 saturated carbocycles. The normalized spacial score (nSPS) is 48.6. The van der Waals surface area contributed by atoms with Crippen molar-refractivity contribution in [3.8, 4) is 0 Å². The summed E-state index contributed by atoms with van der Waals surface area (Å²) in [6, 6.07) is 0. The zero-order chi connectivity index (χ0) is 25.7. The van der Waals surface area contributed by atoms with Crippen LogP contribution in [0.25, 0.3) is 0 Å². The van der Waals surface area contributed by atoms with Crippen LogP contribution in [0.1, 0.15) is 105 Å². The molecule has 5 nitrogen and oxygen atoms in total. The lowest BCUT2D eigenvalue weighted by Gasteiger charge is -2.63. The van der Waals surface area contributed by atoms with E-state index < -0.39 is 5.97 Å². The van der Waals surface area contributed by atoms with Gasteiger partial charge in [0.15, 0.2) is 6.29 Å². The third-order valence-electron chi connectivity index (χ3n) is 12.0. The van der Waals surface area contributed by atoms with Crippen LogP contribution < -0.4 is 0 Å². The van der Waals surface area contributed by atoms with Crippen LogP contribution in [0.3, 0.4) is 0 Å². The predicted molar refractivity (Wildman–Crippen MR) is 140 cm³/mol. The first-order valence-electron chi connectivity index (χ1n) is 15.0. The van der Waals surface area contributed by atoms with Crippen LogP contribution in [0, 0.1) is 46.3 Å². The first-order chi connectivity index (χ1) is 17.2. The lowest BCUT2D eigenvalue weighted by Crippen LogP contribution is -2.60. The summed E-state index contributed by atoms with van der Waals surface area (Å²) in [6.45, 7) is 10.2. The molecular weight excluding hydrogens is 452 g/mol. The summed E-state index contributed by atoms with van der Waals surface area (Å²) in [6.07, 6.45) is 14.5. The van der Waals surface area contributed by atoms with Crippen molar-refractivity contribution in [2.45, 2.75) is 123 Å². The van der Waals surface area contributed by atoms with Gasteiger partial charge >= 0.3 is 5.97 Å². The van der Waals surface area contributed by atoms with Crippen LogP contribution in [0.5, 0.6) is 0 Å². The molecule has 0 aromatic carbocycles. The molecule has 1 aliphatic heterocycles. The standard InChI is InChI=1S/C31H50O5/c1-5-21-25-18-20(36-27-8-6-7-17-35-27)13-15-31(25,4)24-14-16-30(3)22(19(2)9-12-26(32)33)10-11-23(30)28(24)29(21)34/h5,19-20,22-25,27-29,34H,6-18H2,1-4H3,(H,32,33)/b21-5+/t19-,20-,22?,23?,24?,25+,27?,28?,29?,30-,31-/m1/s1. The minimum atomic E-state index is -0.681. The van der Waals surface area contributed by atoms with Gasteiger partial charge in [-0.1, -0.05) is 26.8 Å². The van der Waals surface area contributed by atoms with E-state index in [0.717, 1.165) is 38.7 Å². The molecule has 5 heteroatoms. The zero-order valence-electron chi connectivity index (χ0n) is 23.1. The molecule has 0 bridgehead atoms. The number of ether oxygens (including phenoxy) is 2. The second-order valence-corrected chi connectivity index (χ2v) is 13.5. The summed E-state index contributed by atoms with van der Waals surface area (Å²) in [5, 5.41) is 21.2. The number of allylic oxidation sites excluding steroid dienone is 1. The van der Waals surface area contributed by atoms with Gasteiger partial charge in [0.2, 0.25) is 0 Å². The molecule has 0 radical (unpaired) electrons. The zero-order valence-corrected chi connectivity index (χ0v) is 23.1. The third kappa shape index (κ3) is 4.49. The van der Waals surface area contributed by atoms with Crippen LogP contribution in [-0.2, 0) is 14.3 Å². The van der Waals surface area contributed by atoms with Gasteiger partial charge < -0.3 is 19.7 Å². The van der Waals surface area contributed by atoms with E-state index >= 15 is 0 Å². The molecule has 204 valence electrons. The Bertz CT molecular complexity index is 833. The highest BCUT2D eigenvalue weighted by Crippen LogP contribution is 2.69. The molecule has 1 heterocycles. The van der Waals surface area contributed by atoms with Crippen molar-refractivity contribution in [2.75, 3.05) is 6.61 Å². The van der Waals surface area contributed by atoms with Gasteiger partial charge in [-0.25, -0.2) is 0 Å². The van der Waals surface area contributed by atoms with Crippen LogP contribution in [-0.4, -0.2) is 41.3 Å². The van der Waals surface area contributed by atoms with E-state index in [0.29, 0.717) is 35.5 Å². The maximum Gasteiger partial charge on any atom is 0.303 e. The van der Waals surface area contributed by atoms with E-state index in [1.807, 2.05) is 0 Å². The van der Waals surface area contributed by atoms with Gasteiger partial charge in [0.05, 0.1) is 12.2 Å². The van der Waals surface area contributed by atoms with E-state index in [4.69, 9.17) is 9.47 Å². The van der Waals surface area contributed by atoms with E-state index in [1.165, 1.54) is 44.1 Å². The molecule has 1 saturated heterocycles. The fourth-order valence-electron chi connectivity index (χ4n) is 10.1. The minimum Gasteiger partial charge on any atom is -0.481 e. The minimum absolute atomic E-state index is 0.0441. The quantitative estimate of drug-likeness (QED) is 0.317. The molecule has 36 heavy (non-hydrogen) atoms. The average Bonchev–Trinajstić information content (AvgIpc) is 3.21. The highest BCUT2D eigenvalue weighted by molar-refractivity contribution is 5.66. The molecule has 0 aromatic rings. The first-order valence-corrected chi connectivity index (χ1v) is 15.0. The second-order valence-electron chi connectivity index (χ2n) is 13.5. The van der Waals surface area contributed by atoms with Gasteiger partial charge in [-0.3, -0.25) is 4.79 Å². The Kier molecular flexibility index (Phi) is 7.66. The SMILES string of the molecule is C/C=C1/C(O)C2C3CCC([C@H](C)CCC(=O)O)[C@@]3(C)CCC2[C@@]2(C)CC[C@@H](OC3CCCCO3)C[C@@H]12. The molecule has 2 N–H and O–H groups in total. The third-order valence-corrected chi connectivity index (χ3v) is 12.0. The monoisotopic (exact) mass is 502 g/mol. The Balaban J connectivity index is 1.35. The number of rotatable bonds is 6. The van der Waals surface area contributed by atoms with Crippen LogP contribution in [0.4, 0.5) is 0 Å². The molecule has 5 aliphatic rings. The van der Waals surface area contributed by atoms with E-state index in [1.54, 1.807) is 0 Å². The van der Waals surface area contributed by atoms with Gasteiger partial charge in [-0.05, 0) is 129 Å². The molecule has 0 spiro atoms. The Morgan fingerprint density at radius 3 is 2.56 bits per heavy atom. The van der Waals surface area contributed by atoms with Crippen molar-refractivity contribution in [1.29, 1.82) is 0 Å². The number of hydrogen-bond acceptors (Lipinski definition) is 4. The molecule has 0 amide bonds. The highest BCUT2D eigenvalue weighted by atomic mass is 16.7. The van der Waals surface area contributed by atoms with E-state index in [9.17, 15) is 15.0 Å². The molecule has 5 fully saturated rings. The number of aliphatic hydroxyl groups excluding tert-OH is 1. The van der Waals surface area contributed by atoms with Crippen molar-refractivity contribution in [3.63, 3.8) is 0 Å². The first kappa shape index (κ1) is 26.7.